The minimum absolute atomic E-state index is 0.290. The van der Waals surface area contributed by atoms with Crippen molar-refractivity contribution in [1.29, 1.82) is 0 Å². The number of hydrogen-bond acceptors (Lipinski definition) is 5. The molecule has 34 heavy (non-hydrogen) atoms. The van der Waals surface area contributed by atoms with Gasteiger partial charge in [-0.1, -0.05) is 48.0 Å². The molecule has 0 aliphatic rings. The van der Waals surface area contributed by atoms with Crippen LogP contribution in [-0.2, 0) is 4.79 Å². The number of para-hydroxylation sites is 1. The van der Waals surface area contributed by atoms with Crippen molar-refractivity contribution >= 4 is 41.4 Å². The van der Waals surface area contributed by atoms with Gasteiger partial charge >= 0.3 is 0 Å². The molecule has 6 nitrogen and oxygen atoms in total. The molecule has 0 atom stereocenters. The van der Waals surface area contributed by atoms with Gasteiger partial charge in [-0.15, -0.1) is 0 Å². The van der Waals surface area contributed by atoms with Crippen LogP contribution in [0.25, 0.3) is 18.2 Å². The zero-order valence-electron chi connectivity index (χ0n) is 19.4. The molecule has 3 aromatic carbocycles. The summed E-state index contributed by atoms with van der Waals surface area (Å²) in [4.78, 5) is 12.6. The van der Waals surface area contributed by atoms with Crippen molar-refractivity contribution in [3.8, 4) is 23.0 Å². The zero-order chi connectivity index (χ0) is 24.5. The highest BCUT2D eigenvalue weighted by atomic mass is 35.5. The highest BCUT2D eigenvalue weighted by molar-refractivity contribution is 6.30. The van der Waals surface area contributed by atoms with Crippen molar-refractivity contribution in [2.45, 2.75) is 0 Å². The molecule has 0 radical (unpaired) electrons. The van der Waals surface area contributed by atoms with E-state index in [0.717, 1.165) is 16.7 Å². The number of halogens is 1. The van der Waals surface area contributed by atoms with Crippen LogP contribution in [0.4, 0.5) is 5.69 Å². The van der Waals surface area contributed by atoms with Crippen LogP contribution in [0.15, 0.2) is 60.7 Å². The van der Waals surface area contributed by atoms with Crippen LogP contribution in [0.5, 0.6) is 23.0 Å². The molecule has 3 aromatic rings. The summed E-state index contributed by atoms with van der Waals surface area (Å²) in [5.41, 5.74) is 3.01. The molecule has 0 saturated heterocycles. The standard InChI is InChI=1S/C27H26ClNO5/c1-31-22-7-5-6-20(12-8-19-16-23(32-2)27(34-4)24(17-19)33-3)26(22)29-25(30)15-11-18-9-13-21(28)14-10-18/h5-17H,1-4H3,(H,29,30)/b12-8+,15-11+. The van der Waals surface area contributed by atoms with Crippen molar-refractivity contribution in [2.24, 2.45) is 0 Å². The van der Waals surface area contributed by atoms with E-state index < -0.39 is 0 Å². The Kier molecular flexibility index (Phi) is 8.60. The van der Waals surface area contributed by atoms with Crippen LogP contribution >= 0.6 is 11.6 Å². The van der Waals surface area contributed by atoms with Gasteiger partial charge in [-0.3, -0.25) is 4.79 Å². The average molecular weight is 480 g/mol. The normalized spacial score (nSPS) is 11.0. The van der Waals surface area contributed by atoms with Gasteiger partial charge in [0.2, 0.25) is 11.7 Å². The predicted molar refractivity (Wildman–Crippen MR) is 137 cm³/mol. The first kappa shape index (κ1) is 24.7. The molecule has 7 heteroatoms. The molecule has 0 saturated carbocycles. The second-order valence-electron chi connectivity index (χ2n) is 7.09. The number of carbonyl (C=O) groups is 1. The summed E-state index contributed by atoms with van der Waals surface area (Å²) in [6.45, 7) is 0. The van der Waals surface area contributed by atoms with E-state index in [1.165, 1.54) is 6.08 Å². The van der Waals surface area contributed by atoms with Crippen LogP contribution < -0.4 is 24.3 Å². The van der Waals surface area contributed by atoms with Gasteiger partial charge in [-0.05, 0) is 47.5 Å². The van der Waals surface area contributed by atoms with E-state index in [1.54, 1.807) is 52.7 Å². The lowest BCUT2D eigenvalue weighted by Gasteiger charge is -2.13. The Balaban J connectivity index is 1.88. The second-order valence-corrected chi connectivity index (χ2v) is 7.53. The summed E-state index contributed by atoms with van der Waals surface area (Å²) in [6.07, 6.45) is 6.94. The molecule has 3 rings (SSSR count). The topological polar surface area (TPSA) is 66.0 Å². The third kappa shape index (κ3) is 6.11. The molecular formula is C27H26ClNO5. The number of hydrogen-bond donors (Lipinski definition) is 1. The third-order valence-electron chi connectivity index (χ3n) is 4.97. The highest BCUT2D eigenvalue weighted by Gasteiger charge is 2.13. The highest BCUT2D eigenvalue weighted by Crippen LogP contribution is 2.39. The van der Waals surface area contributed by atoms with Crippen molar-refractivity contribution in [2.75, 3.05) is 33.8 Å². The van der Waals surface area contributed by atoms with Gasteiger partial charge in [0.1, 0.15) is 5.75 Å². The monoisotopic (exact) mass is 479 g/mol. The van der Waals surface area contributed by atoms with Gasteiger partial charge in [0.15, 0.2) is 11.5 Å². The number of anilines is 1. The molecular weight excluding hydrogens is 454 g/mol. The quantitative estimate of drug-likeness (QED) is 0.292. The largest absolute Gasteiger partial charge is 0.495 e. The van der Waals surface area contributed by atoms with Crippen LogP contribution in [0, 0.1) is 0 Å². The van der Waals surface area contributed by atoms with E-state index in [1.807, 2.05) is 48.6 Å². The fourth-order valence-corrected chi connectivity index (χ4v) is 3.41. The number of benzene rings is 3. The van der Waals surface area contributed by atoms with Gasteiger partial charge in [0.25, 0.3) is 0 Å². The summed E-state index contributed by atoms with van der Waals surface area (Å²) >= 11 is 5.91. The zero-order valence-corrected chi connectivity index (χ0v) is 20.2. The van der Waals surface area contributed by atoms with E-state index in [2.05, 4.69) is 5.32 Å². The smallest absolute Gasteiger partial charge is 0.248 e. The van der Waals surface area contributed by atoms with Gasteiger partial charge in [0, 0.05) is 16.7 Å². The van der Waals surface area contributed by atoms with Crippen molar-refractivity contribution in [1.82, 2.24) is 0 Å². The Bertz CT molecular complexity index is 1180. The van der Waals surface area contributed by atoms with Gasteiger partial charge in [-0.25, -0.2) is 0 Å². The molecule has 0 fully saturated rings. The maximum absolute atomic E-state index is 12.6. The molecule has 1 N–H and O–H groups in total. The van der Waals surface area contributed by atoms with Crippen molar-refractivity contribution in [3.63, 3.8) is 0 Å². The molecule has 0 unspecified atom stereocenters. The van der Waals surface area contributed by atoms with Gasteiger partial charge < -0.3 is 24.3 Å². The lowest BCUT2D eigenvalue weighted by Crippen LogP contribution is -2.10. The Morgan fingerprint density at radius 3 is 2.00 bits per heavy atom. The first-order valence-corrected chi connectivity index (χ1v) is 10.8. The van der Waals surface area contributed by atoms with E-state index in [9.17, 15) is 4.79 Å². The van der Waals surface area contributed by atoms with E-state index in [-0.39, 0.29) is 5.91 Å². The number of methoxy groups -OCH3 is 4. The molecule has 0 aromatic heterocycles. The number of carbonyl (C=O) groups excluding carboxylic acids is 1. The number of ether oxygens (including phenoxy) is 4. The fourth-order valence-electron chi connectivity index (χ4n) is 3.29. The molecule has 0 aliphatic heterocycles. The summed E-state index contributed by atoms with van der Waals surface area (Å²) in [7, 11) is 6.25. The van der Waals surface area contributed by atoms with Gasteiger partial charge in [-0.2, -0.15) is 0 Å². The van der Waals surface area contributed by atoms with E-state index in [4.69, 9.17) is 30.5 Å². The second kappa shape index (κ2) is 11.8. The first-order chi connectivity index (χ1) is 16.5. The Morgan fingerprint density at radius 1 is 0.765 bits per heavy atom. The number of nitrogens with one attached hydrogen (secondary N) is 1. The minimum Gasteiger partial charge on any atom is -0.495 e. The summed E-state index contributed by atoms with van der Waals surface area (Å²) in [5.74, 6) is 1.87. The van der Waals surface area contributed by atoms with Crippen molar-refractivity contribution in [3.05, 3.63) is 82.4 Å². The number of rotatable bonds is 9. The molecule has 1 amide bonds. The van der Waals surface area contributed by atoms with Crippen molar-refractivity contribution < 1.29 is 23.7 Å². The molecule has 0 aliphatic carbocycles. The maximum atomic E-state index is 12.6. The van der Waals surface area contributed by atoms with Crippen LogP contribution in [0.2, 0.25) is 5.02 Å². The average Bonchev–Trinajstić information content (AvgIpc) is 2.86. The SMILES string of the molecule is COc1cccc(/C=C/c2cc(OC)c(OC)c(OC)c2)c1NC(=O)/C=C/c1ccc(Cl)cc1. The summed E-state index contributed by atoms with van der Waals surface area (Å²) in [5, 5.41) is 3.55. The van der Waals surface area contributed by atoms with Crippen LogP contribution in [0.3, 0.4) is 0 Å². The lowest BCUT2D eigenvalue weighted by molar-refractivity contribution is -0.111. The van der Waals surface area contributed by atoms with E-state index in [0.29, 0.717) is 33.7 Å². The van der Waals surface area contributed by atoms with Crippen LogP contribution in [0.1, 0.15) is 16.7 Å². The Hall–Kier alpha value is -3.90. The number of amides is 1. The summed E-state index contributed by atoms with van der Waals surface area (Å²) < 4.78 is 21.7. The predicted octanol–water partition coefficient (Wildman–Crippen LogP) is 6.20. The molecule has 0 spiro atoms. The molecule has 0 heterocycles. The molecule has 176 valence electrons. The molecule has 0 bridgehead atoms. The minimum atomic E-state index is -0.290. The van der Waals surface area contributed by atoms with E-state index >= 15 is 0 Å². The maximum Gasteiger partial charge on any atom is 0.248 e. The lowest BCUT2D eigenvalue weighted by atomic mass is 10.1. The fraction of sp³-hybridized carbons (Fsp3) is 0.148. The first-order valence-electron chi connectivity index (χ1n) is 10.4. The third-order valence-corrected chi connectivity index (χ3v) is 5.22. The van der Waals surface area contributed by atoms with Gasteiger partial charge in [0.05, 0.1) is 34.1 Å². The Morgan fingerprint density at radius 2 is 1.41 bits per heavy atom. The Labute approximate surface area is 204 Å². The van der Waals surface area contributed by atoms with Crippen LogP contribution in [-0.4, -0.2) is 34.3 Å². The summed E-state index contributed by atoms with van der Waals surface area (Å²) in [6, 6.07) is 16.4.